The Morgan fingerprint density at radius 2 is 1.32 bits per heavy atom. The van der Waals surface area contributed by atoms with E-state index >= 15 is 0 Å². The summed E-state index contributed by atoms with van der Waals surface area (Å²) in [4.78, 5) is 0. The van der Waals surface area contributed by atoms with Crippen LogP contribution in [0.2, 0.25) is 5.31 Å². The van der Waals surface area contributed by atoms with E-state index in [1.54, 1.807) is 24.3 Å². The summed E-state index contributed by atoms with van der Waals surface area (Å²) in [7, 11) is 2.12. The second-order valence-electron chi connectivity index (χ2n) is 8.25. The zero-order valence-electron chi connectivity index (χ0n) is 21.5. The Balaban J connectivity index is 6.06. The predicted octanol–water partition coefficient (Wildman–Crippen LogP) is 8.65. The van der Waals surface area contributed by atoms with E-state index in [0.29, 0.717) is 0 Å². The van der Waals surface area contributed by atoms with Crippen molar-refractivity contribution >= 4 is 7.28 Å². The predicted molar refractivity (Wildman–Crippen MR) is 156 cm³/mol. The minimum Gasteiger partial charge on any atom is -0.0999 e. The summed E-state index contributed by atoms with van der Waals surface area (Å²) in [5.74, 6) is 13.2. The third-order valence-electron chi connectivity index (χ3n) is 5.12. The van der Waals surface area contributed by atoms with Crippen molar-refractivity contribution in [2.24, 2.45) is 5.41 Å². The van der Waals surface area contributed by atoms with Gasteiger partial charge in [0, 0.05) is 16.5 Å². The van der Waals surface area contributed by atoms with E-state index in [4.69, 9.17) is 0 Å². The van der Waals surface area contributed by atoms with Crippen molar-refractivity contribution in [1.82, 2.24) is 0 Å². The molecule has 0 fully saturated rings. The lowest BCUT2D eigenvalue weighted by Crippen LogP contribution is -2.15. The fraction of sp³-hybridized carbons (Fsp3) is 0.212. The summed E-state index contributed by atoms with van der Waals surface area (Å²) in [5.41, 5.74) is 3.23. The average molecular weight is 445 g/mol. The normalized spacial score (nSPS) is 14.5. The topological polar surface area (TPSA) is 0 Å². The lowest BCUT2D eigenvalue weighted by Gasteiger charge is -2.21. The van der Waals surface area contributed by atoms with Crippen LogP contribution in [0.3, 0.4) is 0 Å². The van der Waals surface area contributed by atoms with Crippen LogP contribution in [0.1, 0.15) is 34.1 Å². The Morgan fingerprint density at radius 3 is 1.82 bits per heavy atom. The van der Waals surface area contributed by atoms with Gasteiger partial charge in [-0.3, -0.25) is 0 Å². The number of allylic oxidation sites excluding steroid dienone is 16. The van der Waals surface area contributed by atoms with Gasteiger partial charge in [-0.1, -0.05) is 143 Å². The van der Waals surface area contributed by atoms with E-state index in [2.05, 4.69) is 98.1 Å². The van der Waals surface area contributed by atoms with Crippen LogP contribution < -0.4 is 0 Å². The monoisotopic (exact) mass is 445 g/mol. The van der Waals surface area contributed by atoms with Crippen molar-refractivity contribution < 1.29 is 0 Å². The van der Waals surface area contributed by atoms with Crippen LogP contribution in [0.5, 0.6) is 0 Å². The van der Waals surface area contributed by atoms with Crippen LogP contribution in [0.4, 0.5) is 0 Å². The van der Waals surface area contributed by atoms with Gasteiger partial charge in [0.05, 0.1) is 5.41 Å². The molecule has 34 heavy (non-hydrogen) atoms. The second kappa shape index (κ2) is 16.0. The molecule has 0 aliphatic heterocycles. The molecule has 1 heteroatoms. The molecule has 0 bridgehead atoms. The number of rotatable bonds is 12. The Hall–Kier alpha value is -3.68. The highest BCUT2D eigenvalue weighted by molar-refractivity contribution is 6.51. The van der Waals surface area contributed by atoms with E-state index in [9.17, 15) is 0 Å². The van der Waals surface area contributed by atoms with E-state index in [1.807, 2.05) is 48.6 Å². The van der Waals surface area contributed by atoms with E-state index < -0.39 is 5.41 Å². The van der Waals surface area contributed by atoms with Gasteiger partial charge < -0.3 is 0 Å². The Kier molecular flexibility index (Phi) is 14.3. The van der Waals surface area contributed by atoms with Gasteiger partial charge in [-0.15, -0.1) is 0 Å². The quantitative estimate of drug-likeness (QED) is 0.160. The highest BCUT2D eigenvalue weighted by Gasteiger charge is 2.21. The first kappa shape index (κ1) is 30.3. The molecule has 0 aliphatic carbocycles. The lowest BCUT2D eigenvalue weighted by molar-refractivity contribution is 0.623. The van der Waals surface area contributed by atoms with Crippen LogP contribution >= 0.6 is 0 Å². The van der Waals surface area contributed by atoms with Crippen molar-refractivity contribution in [2.75, 3.05) is 0 Å². The fourth-order valence-electron chi connectivity index (χ4n) is 2.69. The third kappa shape index (κ3) is 11.3. The lowest BCUT2D eigenvalue weighted by atomic mass is 9.48. The molecule has 1 unspecified atom stereocenters. The van der Waals surface area contributed by atoms with Crippen molar-refractivity contribution in [1.29, 1.82) is 0 Å². The maximum Gasteiger partial charge on any atom is 0.174 e. The van der Waals surface area contributed by atoms with Gasteiger partial charge in [-0.05, 0) is 38.0 Å². The van der Waals surface area contributed by atoms with Gasteiger partial charge in [-0.2, -0.15) is 0 Å². The molecule has 0 spiro atoms. The molecule has 1 radical (unpaired) electrons. The molecule has 0 saturated heterocycles. The van der Waals surface area contributed by atoms with E-state index in [-0.39, 0.29) is 5.31 Å². The van der Waals surface area contributed by atoms with E-state index in [1.165, 1.54) is 0 Å². The molecule has 0 heterocycles. The van der Waals surface area contributed by atoms with Crippen LogP contribution in [0, 0.1) is 29.1 Å². The van der Waals surface area contributed by atoms with Gasteiger partial charge in [0.2, 0.25) is 0 Å². The molecule has 0 N–H and O–H groups in total. The number of hydrogen-bond acceptors (Lipinski definition) is 0. The highest BCUT2D eigenvalue weighted by atomic mass is 14.2. The first-order chi connectivity index (χ1) is 16.1. The van der Waals surface area contributed by atoms with Crippen LogP contribution in [0.15, 0.2) is 135 Å². The first-order valence-electron chi connectivity index (χ1n) is 11.3. The highest BCUT2D eigenvalue weighted by Crippen LogP contribution is 2.30. The van der Waals surface area contributed by atoms with Gasteiger partial charge in [0.25, 0.3) is 0 Å². The molecular weight excluding hydrogens is 407 g/mol. The minimum absolute atomic E-state index is 0.297. The van der Waals surface area contributed by atoms with Crippen molar-refractivity contribution in [3.8, 4) is 23.7 Å². The maximum atomic E-state index is 3.98. The molecule has 0 nitrogen and oxygen atoms in total. The summed E-state index contributed by atoms with van der Waals surface area (Å²) < 4.78 is 0. The standard InChI is InChI=1S/C33H38B/c1-11-18-19-21-28(13-3)24-26-32(8,9)30(15-5)23-22-29(14-4)25-27-33(10,17-7)34-31(16-6)20-12-2/h11-16,18-23H,1-6,17H2,7-10H3/b19-18-,28-21+,29-22+,30-23+,31-20+. The molecule has 0 saturated carbocycles. The van der Waals surface area contributed by atoms with Gasteiger partial charge in [0.1, 0.15) is 0 Å². The van der Waals surface area contributed by atoms with Crippen molar-refractivity contribution in [3.63, 3.8) is 0 Å². The Labute approximate surface area is 210 Å². The molecule has 0 aliphatic rings. The molecule has 0 aromatic carbocycles. The van der Waals surface area contributed by atoms with Crippen LogP contribution in [-0.4, -0.2) is 7.28 Å². The van der Waals surface area contributed by atoms with Gasteiger partial charge in [0.15, 0.2) is 7.28 Å². The minimum atomic E-state index is -0.414. The SMILES string of the molecule is C=C/C=C\C=C(\C#CC(C)(C)/C(C=C)=C/C=C(/C#CC(C)([B]/C(C=C)=C/C=C)CC)C=C)C=C. The summed E-state index contributed by atoms with van der Waals surface area (Å²) >= 11 is 0. The average Bonchev–Trinajstić information content (AvgIpc) is 2.83. The zero-order chi connectivity index (χ0) is 26.0. The molecule has 0 aromatic rings. The third-order valence-corrected chi connectivity index (χ3v) is 5.12. The Bertz CT molecular complexity index is 1060. The summed E-state index contributed by atoms with van der Waals surface area (Å²) in [6.07, 6.45) is 23.0. The molecular formula is C33H38B. The number of hydrogen-bond donors (Lipinski definition) is 0. The molecule has 0 amide bonds. The maximum absolute atomic E-state index is 3.98. The molecule has 0 aromatic heterocycles. The van der Waals surface area contributed by atoms with Crippen molar-refractivity contribution in [2.45, 2.75) is 39.4 Å². The van der Waals surface area contributed by atoms with Crippen molar-refractivity contribution in [3.05, 3.63) is 135 Å². The summed E-state index contributed by atoms with van der Waals surface area (Å²) in [6, 6.07) is 0. The molecule has 1 atom stereocenters. The fourth-order valence-corrected chi connectivity index (χ4v) is 2.69. The largest absolute Gasteiger partial charge is 0.174 e. The first-order valence-corrected chi connectivity index (χ1v) is 11.3. The molecule has 173 valence electrons. The van der Waals surface area contributed by atoms with E-state index in [0.717, 1.165) is 28.6 Å². The van der Waals surface area contributed by atoms with Crippen LogP contribution in [-0.2, 0) is 0 Å². The van der Waals surface area contributed by atoms with Crippen LogP contribution in [0.25, 0.3) is 0 Å². The summed E-state index contributed by atoms with van der Waals surface area (Å²) in [5, 5.41) is -0.297. The molecule has 0 rings (SSSR count). The summed E-state index contributed by atoms with van der Waals surface area (Å²) in [6.45, 7) is 31.4. The van der Waals surface area contributed by atoms with Gasteiger partial charge in [-0.25, -0.2) is 0 Å². The second-order valence-corrected chi connectivity index (χ2v) is 8.25. The Morgan fingerprint density at radius 1 is 0.706 bits per heavy atom. The zero-order valence-corrected chi connectivity index (χ0v) is 21.5. The van der Waals surface area contributed by atoms with Gasteiger partial charge >= 0.3 is 0 Å². The smallest absolute Gasteiger partial charge is 0.0999 e.